The van der Waals surface area contributed by atoms with Crippen molar-refractivity contribution in [2.45, 2.75) is 141 Å². The summed E-state index contributed by atoms with van der Waals surface area (Å²) < 4.78 is 11.1. The lowest BCUT2D eigenvalue weighted by Gasteiger charge is -2.50. The fraction of sp³-hybridized carbons (Fsp3) is 1.00. The van der Waals surface area contributed by atoms with Crippen LogP contribution >= 0.6 is 0 Å². The third-order valence-electron chi connectivity index (χ3n) is 15.3. The molecule has 0 amide bonds. The van der Waals surface area contributed by atoms with Crippen molar-refractivity contribution in [3.63, 3.8) is 0 Å². The molecule has 6 fully saturated rings. The lowest BCUT2D eigenvalue weighted by Crippen LogP contribution is -2.47. The van der Waals surface area contributed by atoms with Crippen molar-refractivity contribution in [2.75, 3.05) is 27.4 Å². The Morgan fingerprint density at radius 2 is 0.854 bits per heavy atom. The molecule has 0 radical (unpaired) electrons. The van der Waals surface area contributed by atoms with Crippen LogP contribution in [0, 0.1) is 71.0 Å². The van der Waals surface area contributed by atoms with E-state index in [1.807, 2.05) is 14.2 Å². The van der Waals surface area contributed by atoms with E-state index in [1.165, 1.54) is 64.2 Å². The van der Waals surface area contributed by atoms with Gasteiger partial charge in [-0.05, 0) is 159 Å². The number of fused-ring (bicyclic) bond motifs is 2. The Kier molecular flexibility index (Phi) is 10.1. The van der Waals surface area contributed by atoms with E-state index < -0.39 is 8.07 Å². The van der Waals surface area contributed by atoms with Crippen molar-refractivity contribution < 1.29 is 9.47 Å². The second-order valence-electron chi connectivity index (χ2n) is 17.6. The highest BCUT2D eigenvalue weighted by Gasteiger charge is 2.60. The van der Waals surface area contributed by atoms with Crippen molar-refractivity contribution in [3.05, 3.63) is 0 Å². The predicted octanol–water partition coefficient (Wildman–Crippen LogP) is 10.5. The molecule has 10 atom stereocenters. The third-order valence-corrected chi connectivity index (χ3v) is 20.7. The highest BCUT2D eigenvalue weighted by molar-refractivity contribution is 6.80. The monoisotopic (exact) mass is 584 g/mol. The fourth-order valence-corrected chi connectivity index (χ4v) is 20.9. The van der Waals surface area contributed by atoms with Crippen molar-refractivity contribution >= 4 is 8.07 Å². The highest BCUT2D eigenvalue weighted by atomic mass is 28.3. The van der Waals surface area contributed by atoms with Gasteiger partial charge >= 0.3 is 0 Å². The van der Waals surface area contributed by atoms with E-state index in [4.69, 9.17) is 9.47 Å². The summed E-state index contributed by atoms with van der Waals surface area (Å²) in [5.41, 5.74) is 2.19. The number of methoxy groups -OCH3 is 2. The molecule has 6 rings (SSSR count). The smallest absolute Gasteiger partial charge is 0.0546 e. The molecule has 6 aliphatic carbocycles. The molecule has 2 nitrogen and oxygen atoms in total. The van der Waals surface area contributed by atoms with Gasteiger partial charge < -0.3 is 9.47 Å². The minimum absolute atomic E-state index is 0.841. The third kappa shape index (κ3) is 6.06. The molecule has 0 heterocycles. The average molecular weight is 585 g/mol. The molecule has 41 heavy (non-hydrogen) atoms. The molecule has 0 N–H and O–H groups in total. The van der Waals surface area contributed by atoms with E-state index in [-0.39, 0.29) is 0 Å². The zero-order valence-corrected chi connectivity index (χ0v) is 29.1. The first-order chi connectivity index (χ1) is 19.8. The summed E-state index contributed by atoms with van der Waals surface area (Å²) in [7, 11) is 2.39. The molecule has 236 valence electrons. The highest BCUT2D eigenvalue weighted by Crippen LogP contribution is 2.67. The van der Waals surface area contributed by atoms with Crippen LogP contribution in [0.5, 0.6) is 0 Å². The van der Waals surface area contributed by atoms with Gasteiger partial charge in [-0.15, -0.1) is 0 Å². The van der Waals surface area contributed by atoms with Gasteiger partial charge in [0.05, 0.1) is 8.07 Å². The van der Waals surface area contributed by atoms with Crippen molar-refractivity contribution in [1.82, 2.24) is 0 Å². The molecule has 0 aromatic heterocycles. The molecule has 0 bridgehead atoms. The summed E-state index contributed by atoms with van der Waals surface area (Å²) >= 11 is 0. The molecule has 0 saturated heterocycles. The summed E-state index contributed by atoms with van der Waals surface area (Å²) in [4.78, 5) is 0. The van der Waals surface area contributed by atoms with Crippen LogP contribution in [0.3, 0.4) is 0 Å². The zero-order chi connectivity index (χ0) is 28.7. The van der Waals surface area contributed by atoms with Crippen molar-refractivity contribution in [1.29, 1.82) is 0 Å². The summed E-state index contributed by atoms with van der Waals surface area (Å²) in [6, 6.07) is 0. The van der Waals surface area contributed by atoms with E-state index >= 15 is 0 Å². The normalized spacial score (nSPS) is 49.0. The van der Waals surface area contributed by atoms with E-state index in [1.54, 1.807) is 38.5 Å². The molecule has 10 unspecified atom stereocenters. The van der Waals surface area contributed by atoms with E-state index in [0.29, 0.717) is 0 Å². The number of rotatable bonds is 8. The van der Waals surface area contributed by atoms with Crippen LogP contribution in [0.15, 0.2) is 0 Å². The second-order valence-corrected chi connectivity index (χ2v) is 22.6. The lowest BCUT2D eigenvalue weighted by atomic mass is 9.64. The van der Waals surface area contributed by atoms with Crippen LogP contribution in [-0.4, -0.2) is 35.5 Å². The fourth-order valence-electron chi connectivity index (χ4n) is 14.3. The molecule has 0 spiro atoms. The molecule has 6 aliphatic rings. The molecule has 3 heteroatoms. The maximum atomic E-state index is 5.55. The van der Waals surface area contributed by atoms with Crippen LogP contribution in [0.25, 0.3) is 0 Å². The predicted molar refractivity (Wildman–Crippen MR) is 176 cm³/mol. The standard InChI is InChI=1S/C38H68O2Si/c1-25-21-35-31(29-17-13-27(14-18-29)23-39-3)9-7-11-33(35)37(25)41(5,6)38-26(2)22-36-32(10-8-12-34(36)38)30-19-15-28(16-20-30)24-40-4/h25-38H,7-24H2,1-6H3. The van der Waals surface area contributed by atoms with Crippen LogP contribution in [-0.2, 0) is 9.47 Å². The van der Waals surface area contributed by atoms with Gasteiger partial charge in [0.25, 0.3) is 0 Å². The van der Waals surface area contributed by atoms with Gasteiger partial charge in [-0.25, -0.2) is 0 Å². The van der Waals surface area contributed by atoms with Crippen LogP contribution in [0.2, 0.25) is 24.2 Å². The number of hydrogen-bond acceptors (Lipinski definition) is 2. The first-order valence-electron chi connectivity index (χ1n) is 18.8. The molecule has 0 aromatic rings. The summed E-state index contributed by atoms with van der Waals surface area (Å²) in [6.45, 7) is 13.4. The van der Waals surface area contributed by atoms with Crippen LogP contribution in [0.1, 0.15) is 117 Å². The first kappa shape index (κ1) is 31.1. The van der Waals surface area contributed by atoms with Gasteiger partial charge in [0.1, 0.15) is 0 Å². The Morgan fingerprint density at radius 3 is 1.22 bits per heavy atom. The number of ether oxygens (including phenoxy) is 2. The van der Waals surface area contributed by atoms with Gasteiger partial charge in [0.2, 0.25) is 0 Å². The molecule has 0 aliphatic heterocycles. The van der Waals surface area contributed by atoms with Gasteiger partial charge in [0.15, 0.2) is 0 Å². The first-order valence-corrected chi connectivity index (χ1v) is 22.0. The molecular weight excluding hydrogens is 517 g/mol. The van der Waals surface area contributed by atoms with Gasteiger partial charge in [-0.1, -0.05) is 52.6 Å². The lowest BCUT2D eigenvalue weighted by molar-refractivity contribution is 0.0628. The Hall–Kier alpha value is 0.137. The van der Waals surface area contributed by atoms with E-state index in [2.05, 4.69) is 26.9 Å². The van der Waals surface area contributed by atoms with Crippen molar-refractivity contribution in [2.24, 2.45) is 71.0 Å². The van der Waals surface area contributed by atoms with Crippen molar-refractivity contribution in [3.8, 4) is 0 Å². The zero-order valence-electron chi connectivity index (χ0n) is 28.1. The number of hydrogen-bond donors (Lipinski definition) is 0. The van der Waals surface area contributed by atoms with Crippen LogP contribution in [0.4, 0.5) is 0 Å². The van der Waals surface area contributed by atoms with E-state index in [0.717, 1.165) is 95.3 Å². The van der Waals surface area contributed by atoms with E-state index in [9.17, 15) is 0 Å². The Balaban J connectivity index is 1.15. The molecule has 0 aromatic carbocycles. The largest absolute Gasteiger partial charge is 0.384 e. The Morgan fingerprint density at radius 1 is 0.488 bits per heavy atom. The molecule has 6 saturated carbocycles. The quantitative estimate of drug-likeness (QED) is 0.264. The summed E-state index contributed by atoms with van der Waals surface area (Å²) in [5.74, 6) is 12.1. The minimum Gasteiger partial charge on any atom is -0.384 e. The SMILES string of the molecule is COCC1CCC(C2CCCC3C2CC(C)C3[Si](C)(C)C2C(C)CC3C(C4CCC(COC)CC4)CCCC32)CC1. The molecular formula is C38H68O2Si. The topological polar surface area (TPSA) is 18.5 Å². The Bertz CT molecular complexity index is 760. The minimum atomic E-state index is -1.41. The summed E-state index contributed by atoms with van der Waals surface area (Å²) in [5, 5.41) is 0. The maximum absolute atomic E-state index is 5.55. The van der Waals surface area contributed by atoms with Crippen LogP contribution < -0.4 is 0 Å². The average Bonchev–Trinajstić information content (AvgIpc) is 3.50. The summed E-state index contributed by atoms with van der Waals surface area (Å²) in [6.07, 6.45) is 24.2. The van der Waals surface area contributed by atoms with Gasteiger partial charge in [-0.2, -0.15) is 0 Å². The van der Waals surface area contributed by atoms with Gasteiger partial charge in [-0.3, -0.25) is 0 Å². The Labute approximate surface area is 256 Å². The van der Waals surface area contributed by atoms with Gasteiger partial charge in [0, 0.05) is 27.4 Å². The second kappa shape index (κ2) is 13.2. The maximum Gasteiger partial charge on any atom is 0.0546 e.